The van der Waals surface area contributed by atoms with Crippen molar-refractivity contribution in [3.63, 3.8) is 0 Å². The summed E-state index contributed by atoms with van der Waals surface area (Å²) in [5, 5.41) is 4.58. The zero-order chi connectivity index (χ0) is 7.56. The molecule has 56 valence electrons. The highest BCUT2D eigenvalue weighted by molar-refractivity contribution is 6.30. The van der Waals surface area contributed by atoms with Crippen molar-refractivity contribution >= 4 is 11.6 Å². The van der Waals surface area contributed by atoms with Crippen LogP contribution < -0.4 is 0 Å². The van der Waals surface area contributed by atoms with Crippen molar-refractivity contribution in [1.82, 2.24) is 9.78 Å². The number of aromatic nitrogens is 2. The Morgan fingerprint density at radius 1 is 1.80 bits per heavy atom. The third-order valence-corrected chi connectivity index (χ3v) is 1.72. The summed E-state index contributed by atoms with van der Waals surface area (Å²) in [6.07, 6.45) is 1.70. The maximum atomic E-state index is 5.81. The average molecular weight is 161 g/mol. The largest absolute Gasteiger partial charge is 0.380 e. The molecule has 1 aromatic heterocycles. The topological polar surface area (TPSA) is 27.1 Å². The quantitative estimate of drug-likeness (QED) is 0.651. The molecule has 4 heteroatoms. The summed E-state index contributed by atoms with van der Waals surface area (Å²) in [4.78, 5) is 0. The minimum absolute atomic E-state index is 0.521. The molecule has 0 spiro atoms. The van der Waals surface area contributed by atoms with E-state index >= 15 is 0 Å². The lowest BCUT2D eigenvalue weighted by Crippen LogP contribution is -1.90. The van der Waals surface area contributed by atoms with Crippen LogP contribution in [0.5, 0.6) is 0 Å². The average Bonchev–Trinajstić information content (AvgIpc) is 2.20. The van der Waals surface area contributed by atoms with Crippen molar-refractivity contribution in [1.29, 1.82) is 0 Å². The minimum Gasteiger partial charge on any atom is -0.380 e. The van der Waals surface area contributed by atoms with E-state index in [0.29, 0.717) is 11.8 Å². The SMILES string of the molecule is COCc1cnn(C)c1Cl. The van der Waals surface area contributed by atoms with E-state index in [0.717, 1.165) is 5.56 Å². The van der Waals surface area contributed by atoms with Crippen LogP contribution in [0.15, 0.2) is 6.20 Å². The monoisotopic (exact) mass is 160 g/mol. The summed E-state index contributed by atoms with van der Waals surface area (Å²) < 4.78 is 6.49. The highest BCUT2D eigenvalue weighted by Gasteiger charge is 2.03. The van der Waals surface area contributed by atoms with E-state index in [1.54, 1.807) is 25.0 Å². The van der Waals surface area contributed by atoms with Crippen molar-refractivity contribution in [2.75, 3.05) is 7.11 Å². The van der Waals surface area contributed by atoms with Gasteiger partial charge in [-0.1, -0.05) is 11.6 Å². The van der Waals surface area contributed by atoms with Crippen LogP contribution in [0.2, 0.25) is 5.15 Å². The second kappa shape index (κ2) is 3.03. The fourth-order valence-electron chi connectivity index (χ4n) is 0.720. The van der Waals surface area contributed by atoms with E-state index in [-0.39, 0.29) is 0 Å². The molecule has 0 bridgehead atoms. The normalized spacial score (nSPS) is 10.3. The van der Waals surface area contributed by atoms with E-state index in [4.69, 9.17) is 16.3 Å². The van der Waals surface area contributed by atoms with Crippen LogP contribution in [-0.2, 0) is 18.4 Å². The minimum atomic E-state index is 0.521. The lowest BCUT2D eigenvalue weighted by molar-refractivity contribution is 0.185. The molecule has 0 N–H and O–H groups in total. The predicted octanol–water partition coefficient (Wildman–Crippen LogP) is 1.22. The Morgan fingerprint density at radius 2 is 2.50 bits per heavy atom. The second-order valence-electron chi connectivity index (χ2n) is 2.02. The van der Waals surface area contributed by atoms with Gasteiger partial charge < -0.3 is 4.74 Å². The zero-order valence-electron chi connectivity index (χ0n) is 5.97. The Morgan fingerprint density at radius 3 is 2.90 bits per heavy atom. The van der Waals surface area contributed by atoms with E-state index in [9.17, 15) is 0 Å². The standard InChI is InChI=1S/C6H9ClN2O/c1-9-6(7)5(3-8-9)4-10-2/h3H,4H2,1-2H3. The zero-order valence-corrected chi connectivity index (χ0v) is 6.72. The van der Waals surface area contributed by atoms with Crippen LogP contribution in [-0.4, -0.2) is 16.9 Å². The first-order chi connectivity index (χ1) is 4.75. The lowest BCUT2D eigenvalue weighted by atomic mass is 10.4. The fraction of sp³-hybridized carbons (Fsp3) is 0.500. The van der Waals surface area contributed by atoms with Crippen LogP contribution in [0.4, 0.5) is 0 Å². The summed E-state index contributed by atoms with van der Waals surface area (Å²) in [7, 11) is 3.42. The van der Waals surface area contributed by atoms with Crippen molar-refractivity contribution in [2.45, 2.75) is 6.61 Å². The molecule has 0 fully saturated rings. The summed E-state index contributed by atoms with van der Waals surface area (Å²) in [6, 6.07) is 0. The molecule has 0 unspecified atom stereocenters. The number of ether oxygens (including phenoxy) is 1. The van der Waals surface area contributed by atoms with Crippen LogP contribution in [0.3, 0.4) is 0 Å². The number of nitrogens with zero attached hydrogens (tertiary/aromatic N) is 2. The number of aryl methyl sites for hydroxylation is 1. The molecule has 1 rings (SSSR count). The second-order valence-corrected chi connectivity index (χ2v) is 2.38. The van der Waals surface area contributed by atoms with Crippen LogP contribution in [0, 0.1) is 0 Å². The predicted molar refractivity (Wildman–Crippen MR) is 38.9 cm³/mol. The van der Waals surface area contributed by atoms with Gasteiger partial charge in [-0.05, 0) is 0 Å². The molecule has 0 aromatic carbocycles. The molecule has 0 amide bonds. The van der Waals surface area contributed by atoms with Gasteiger partial charge in [0.1, 0.15) is 5.15 Å². The third-order valence-electron chi connectivity index (χ3n) is 1.24. The number of hydrogen-bond donors (Lipinski definition) is 0. The fourth-order valence-corrected chi connectivity index (χ4v) is 0.867. The van der Waals surface area contributed by atoms with Gasteiger partial charge in [-0.2, -0.15) is 5.10 Å². The molecule has 0 atom stereocenters. The molecule has 0 aliphatic heterocycles. The highest BCUT2D eigenvalue weighted by Crippen LogP contribution is 2.13. The molecule has 1 heterocycles. The van der Waals surface area contributed by atoms with Crippen molar-refractivity contribution in [3.05, 3.63) is 16.9 Å². The molecule has 0 aliphatic rings. The summed E-state index contributed by atoms with van der Waals surface area (Å²) in [6.45, 7) is 0.521. The van der Waals surface area contributed by atoms with Crippen LogP contribution >= 0.6 is 11.6 Å². The number of halogens is 1. The molecule has 3 nitrogen and oxygen atoms in total. The Hall–Kier alpha value is -0.540. The maximum absolute atomic E-state index is 5.81. The van der Waals surface area contributed by atoms with E-state index in [1.807, 2.05) is 0 Å². The Kier molecular flexibility index (Phi) is 2.29. The van der Waals surface area contributed by atoms with E-state index in [2.05, 4.69) is 5.10 Å². The molecule has 0 saturated heterocycles. The number of methoxy groups -OCH3 is 1. The van der Waals surface area contributed by atoms with E-state index < -0.39 is 0 Å². The summed E-state index contributed by atoms with van der Waals surface area (Å²) in [5.41, 5.74) is 0.923. The lowest BCUT2D eigenvalue weighted by Gasteiger charge is -1.94. The van der Waals surface area contributed by atoms with Crippen molar-refractivity contribution in [2.24, 2.45) is 7.05 Å². The smallest absolute Gasteiger partial charge is 0.132 e. The molecular weight excluding hydrogens is 152 g/mol. The van der Waals surface area contributed by atoms with Gasteiger partial charge >= 0.3 is 0 Å². The van der Waals surface area contributed by atoms with Gasteiger partial charge in [0.15, 0.2) is 0 Å². The van der Waals surface area contributed by atoms with E-state index in [1.165, 1.54) is 0 Å². The summed E-state index contributed by atoms with van der Waals surface area (Å²) in [5.74, 6) is 0. The third kappa shape index (κ3) is 1.30. The number of rotatable bonds is 2. The van der Waals surface area contributed by atoms with Gasteiger partial charge in [0.2, 0.25) is 0 Å². The van der Waals surface area contributed by atoms with Gasteiger partial charge in [-0.15, -0.1) is 0 Å². The molecular formula is C6H9ClN2O. The van der Waals surface area contributed by atoms with Gasteiger partial charge in [-0.3, -0.25) is 4.68 Å². The first kappa shape index (κ1) is 7.57. The maximum Gasteiger partial charge on any atom is 0.132 e. The molecule has 0 saturated carbocycles. The van der Waals surface area contributed by atoms with Gasteiger partial charge in [0.05, 0.1) is 12.8 Å². The molecule has 0 radical (unpaired) electrons. The highest BCUT2D eigenvalue weighted by atomic mass is 35.5. The van der Waals surface area contributed by atoms with Crippen molar-refractivity contribution < 1.29 is 4.74 Å². The Labute approximate surface area is 64.6 Å². The molecule has 1 aromatic rings. The molecule has 10 heavy (non-hydrogen) atoms. The van der Waals surface area contributed by atoms with Gasteiger partial charge in [0, 0.05) is 19.7 Å². The van der Waals surface area contributed by atoms with Gasteiger partial charge in [-0.25, -0.2) is 0 Å². The number of hydrogen-bond acceptors (Lipinski definition) is 2. The van der Waals surface area contributed by atoms with Crippen LogP contribution in [0.25, 0.3) is 0 Å². The Balaban J connectivity index is 2.83. The summed E-state index contributed by atoms with van der Waals surface area (Å²) >= 11 is 5.81. The Bertz CT molecular complexity index is 222. The van der Waals surface area contributed by atoms with Crippen LogP contribution in [0.1, 0.15) is 5.56 Å². The van der Waals surface area contributed by atoms with Gasteiger partial charge in [0.25, 0.3) is 0 Å². The first-order valence-corrected chi connectivity index (χ1v) is 3.29. The first-order valence-electron chi connectivity index (χ1n) is 2.91. The van der Waals surface area contributed by atoms with Crippen molar-refractivity contribution in [3.8, 4) is 0 Å². The molecule has 0 aliphatic carbocycles.